The van der Waals surface area contributed by atoms with Crippen LogP contribution < -0.4 is 5.32 Å². The Kier molecular flexibility index (Phi) is 2.60. The molecule has 1 aromatic carbocycles. The number of hydrogen-bond donors (Lipinski definition) is 1. The maximum absolute atomic E-state index is 12.0. The molecule has 5 heteroatoms. The van der Waals surface area contributed by atoms with Gasteiger partial charge in [0.25, 0.3) is 0 Å². The Bertz CT molecular complexity index is 616. The van der Waals surface area contributed by atoms with Crippen LogP contribution in [-0.2, 0) is 9.53 Å². The third-order valence-electron chi connectivity index (χ3n) is 3.15. The van der Waals surface area contributed by atoms with E-state index in [1.165, 1.54) is 16.9 Å². The third kappa shape index (κ3) is 1.89. The van der Waals surface area contributed by atoms with Gasteiger partial charge in [-0.1, -0.05) is 17.4 Å². The maximum Gasteiger partial charge on any atom is 0.236 e. The molecule has 0 unspecified atom stereocenters. The summed E-state index contributed by atoms with van der Waals surface area (Å²) in [5.74, 6) is -0.00970. The van der Waals surface area contributed by atoms with Gasteiger partial charge in [-0.3, -0.25) is 4.79 Å². The first kappa shape index (κ1) is 11.6. The predicted molar refractivity (Wildman–Crippen MR) is 71.9 cm³/mol. The molecule has 1 aliphatic heterocycles. The number of ether oxygens (including phenoxy) is 1. The molecule has 4 nitrogen and oxygen atoms in total. The molecule has 1 N–H and O–H groups in total. The molecule has 2 heterocycles. The molecule has 0 atom stereocenters. The third-order valence-corrected chi connectivity index (χ3v) is 4.09. The molecule has 0 radical (unpaired) electrons. The van der Waals surface area contributed by atoms with Crippen LogP contribution in [0.15, 0.2) is 18.2 Å². The Hall–Kier alpha value is -1.46. The number of anilines is 1. The molecule has 94 valence electrons. The van der Waals surface area contributed by atoms with Gasteiger partial charge in [-0.2, -0.15) is 0 Å². The van der Waals surface area contributed by atoms with E-state index < -0.39 is 5.41 Å². The molecular formula is C13H14N2O2S. The lowest BCUT2D eigenvalue weighted by molar-refractivity contribution is -0.151. The average molecular weight is 262 g/mol. The molecule has 2 aromatic rings. The number of aromatic nitrogens is 1. The second-order valence-electron chi connectivity index (χ2n) is 5.00. The lowest BCUT2D eigenvalue weighted by Gasteiger charge is -2.35. The first-order chi connectivity index (χ1) is 8.57. The van der Waals surface area contributed by atoms with Crippen LogP contribution in [-0.4, -0.2) is 24.1 Å². The average Bonchev–Trinajstić information content (AvgIpc) is 2.67. The van der Waals surface area contributed by atoms with E-state index in [1.807, 2.05) is 26.0 Å². The standard InChI is InChI=1S/C13H14N2O2S/c1-8-3-4-9-10(5-8)18-12(14-9)15-11(16)13(2)6-17-7-13/h3-5H,6-7H2,1-2H3,(H,14,15,16). The van der Waals surface area contributed by atoms with E-state index in [4.69, 9.17) is 4.74 Å². The number of hydrogen-bond acceptors (Lipinski definition) is 4. The summed E-state index contributed by atoms with van der Waals surface area (Å²) in [5.41, 5.74) is 1.73. The largest absolute Gasteiger partial charge is 0.379 e. The quantitative estimate of drug-likeness (QED) is 0.905. The van der Waals surface area contributed by atoms with Crippen LogP contribution in [0.2, 0.25) is 0 Å². The zero-order valence-electron chi connectivity index (χ0n) is 10.3. The van der Waals surface area contributed by atoms with Crippen molar-refractivity contribution in [1.29, 1.82) is 0 Å². The zero-order valence-corrected chi connectivity index (χ0v) is 11.1. The van der Waals surface area contributed by atoms with Crippen molar-refractivity contribution >= 4 is 32.6 Å². The highest BCUT2D eigenvalue weighted by Crippen LogP contribution is 2.31. The summed E-state index contributed by atoms with van der Waals surface area (Å²) in [5, 5.41) is 3.54. The molecule has 0 aliphatic carbocycles. The minimum Gasteiger partial charge on any atom is -0.379 e. The second-order valence-corrected chi connectivity index (χ2v) is 6.03. The van der Waals surface area contributed by atoms with Crippen LogP contribution in [0.3, 0.4) is 0 Å². The maximum atomic E-state index is 12.0. The minimum absolute atomic E-state index is 0.00970. The molecule has 1 aromatic heterocycles. The molecule has 1 aliphatic rings. The summed E-state index contributed by atoms with van der Waals surface area (Å²) in [4.78, 5) is 16.4. The Morgan fingerprint density at radius 3 is 2.94 bits per heavy atom. The van der Waals surface area contributed by atoms with E-state index in [2.05, 4.69) is 16.4 Å². The van der Waals surface area contributed by atoms with E-state index in [-0.39, 0.29) is 5.91 Å². The van der Waals surface area contributed by atoms with Crippen molar-refractivity contribution in [3.63, 3.8) is 0 Å². The van der Waals surface area contributed by atoms with Gasteiger partial charge in [0.2, 0.25) is 5.91 Å². The highest BCUT2D eigenvalue weighted by atomic mass is 32.1. The molecule has 1 amide bonds. The number of nitrogens with zero attached hydrogens (tertiary/aromatic N) is 1. The number of fused-ring (bicyclic) bond motifs is 1. The van der Waals surface area contributed by atoms with Crippen molar-refractivity contribution in [3.8, 4) is 0 Å². The van der Waals surface area contributed by atoms with E-state index >= 15 is 0 Å². The predicted octanol–water partition coefficient (Wildman–Crippen LogP) is 2.58. The molecule has 1 fully saturated rings. The molecule has 0 saturated carbocycles. The topological polar surface area (TPSA) is 51.2 Å². The van der Waals surface area contributed by atoms with Crippen molar-refractivity contribution in [2.24, 2.45) is 5.41 Å². The summed E-state index contributed by atoms with van der Waals surface area (Å²) in [6.45, 7) is 4.93. The first-order valence-electron chi connectivity index (χ1n) is 5.83. The van der Waals surface area contributed by atoms with E-state index in [0.29, 0.717) is 18.3 Å². The van der Waals surface area contributed by atoms with Gasteiger partial charge in [0.15, 0.2) is 5.13 Å². The monoisotopic (exact) mass is 262 g/mol. The Labute approximate surface area is 109 Å². The van der Waals surface area contributed by atoms with Gasteiger partial charge in [0, 0.05) is 0 Å². The number of amides is 1. The fourth-order valence-corrected chi connectivity index (χ4v) is 2.83. The molecule has 18 heavy (non-hydrogen) atoms. The number of rotatable bonds is 2. The van der Waals surface area contributed by atoms with Gasteiger partial charge in [0.1, 0.15) is 0 Å². The Morgan fingerprint density at radius 2 is 2.28 bits per heavy atom. The zero-order chi connectivity index (χ0) is 12.8. The Balaban J connectivity index is 1.84. The fraction of sp³-hybridized carbons (Fsp3) is 0.385. The summed E-state index contributed by atoms with van der Waals surface area (Å²) in [7, 11) is 0. The lowest BCUT2D eigenvalue weighted by atomic mass is 9.88. The first-order valence-corrected chi connectivity index (χ1v) is 6.65. The van der Waals surface area contributed by atoms with Crippen molar-refractivity contribution in [3.05, 3.63) is 23.8 Å². The van der Waals surface area contributed by atoms with E-state index in [0.717, 1.165) is 10.2 Å². The van der Waals surface area contributed by atoms with Gasteiger partial charge >= 0.3 is 0 Å². The lowest BCUT2D eigenvalue weighted by Crippen LogP contribution is -2.49. The highest BCUT2D eigenvalue weighted by Gasteiger charge is 2.41. The van der Waals surface area contributed by atoms with Gasteiger partial charge in [-0.25, -0.2) is 4.98 Å². The van der Waals surface area contributed by atoms with Gasteiger partial charge in [-0.05, 0) is 31.5 Å². The van der Waals surface area contributed by atoms with Gasteiger partial charge < -0.3 is 10.1 Å². The van der Waals surface area contributed by atoms with E-state index in [9.17, 15) is 4.79 Å². The fourth-order valence-electron chi connectivity index (χ4n) is 1.87. The summed E-state index contributed by atoms with van der Waals surface area (Å²) in [6.07, 6.45) is 0. The van der Waals surface area contributed by atoms with Crippen molar-refractivity contribution in [1.82, 2.24) is 4.98 Å². The van der Waals surface area contributed by atoms with Gasteiger partial charge in [-0.15, -0.1) is 0 Å². The molecule has 0 bridgehead atoms. The number of carbonyl (C=O) groups is 1. The number of thiazole rings is 1. The van der Waals surface area contributed by atoms with Crippen molar-refractivity contribution in [2.75, 3.05) is 18.5 Å². The minimum atomic E-state index is -0.395. The Morgan fingerprint density at radius 1 is 1.50 bits per heavy atom. The number of nitrogens with one attached hydrogen (secondary N) is 1. The van der Waals surface area contributed by atoms with Crippen LogP contribution in [0.25, 0.3) is 10.2 Å². The molecule has 0 spiro atoms. The van der Waals surface area contributed by atoms with Crippen LogP contribution in [0.5, 0.6) is 0 Å². The summed E-state index contributed by atoms with van der Waals surface area (Å²) in [6, 6.07) is 6.08. The molecule has 3 rings (SSSR count). The smallest absolute Gasteiger partial charge is 0.236 e. The van der Waals surface area contributed by atoms with Crippen LogP contribution in [0, 0.1) is 12.3 Å². The second kappa shape index (κ2) is 4.03. The SMILES string of the molecule is Cc1ccc2nc(NC(=O)C3(C)COC3)sc2c1. The van der Waals surface area contributed by atoms with Crippen LogP contribution in [0.4, 0.5) is 5.13 Å². The molecule has 1 saturated heterocycles. The molecular weight excluding hydrogens is 248 g/mol. The van der Waals surface area contributed by atoms with Crippen molar-refractivity contribution in [2.45, 2.75) is 13.8 Å². The number of benzene rings is 1. The number of aryl methyl sites for hydroxylation is 1. The normalized spacial score (nSPS) is 17.4. The van der Waals surface area contributed by atoms with Gasteiger partial charge in [0.05, 0.1) is 28.8 Å². The summed E-state index contributed by atoms with van der Waals surface area (Å²) < 4.78 is 6.19. The number of carbonyl (C=O) groups excluding carboxylic acids is 1. The van der Waals surface area contributed by atoms with E-state index in [1.54, 1.807) is 0 Å². The van der Waals surface area contributed by atoms with Crippen LogP contribution >= 0.6 is 11.3 Å². The van der Waals surface area contributed by atoms with Crippen molar-refractivity contribution < 1.29 is 9.53 Å². The summed E-state index contributed by atoms with van der Waals surface area (Å²) >= 11 is 1.51. The van der Waals surface area contributed by atoms with Crippen LogP contribution in [0.1, 0.15) is 12.5 Å². The highest BCUT2D eigenvalue weighted by molar-refractivity contribution is 7.22.